The molecular formula is C6H7ClOS. The Morgan fingerprint density at radius 1 is 1.56 bits per heavy atom. The lowest BCUT2D eigenvalue weighted by Crippen LogP contribution is -1.59. The van der Waals surface area contributed by atoms with Crippen molar-refractivity contribution in [2.24, 2.45) is 0 Å². The maximum absolute atomic E-state index is 9.71. The van der Waals surface area contributed by atoms with E-state index < -0.39 is 0 Å². The van der Waals surface area contributed by atoms with Crippen molar-refractivity contribution in [3.63, 3.8) is 0 Å². The molecule has 0 aliphatic heterocycles. The van der Waals surface area contributed by atoms with Crippen LogP contribution in [-0.2, 0) is 4.79 Å². The topological polar surface area (TPSA) is 17.1 Å². The Hall–Kier alpha value is -0.210. The van der Waals surface area contributed by atoms with Gasteiger partial charge in [-0.2, -0.15) is 0 Å². The number of hydrogen-bond acceptors (Lipinski definition) is 2. The average Bonchev–Trinajstić information content (AvgIpc) is 1.89. The summed E-state index contributed by atoms with van der Waals surface area (Å²) in [4.78, 5) is 9.71. The van der Waals surface area contributed by atoms with Crippen molar-refractivity contribution in [2.45, 2.75) is 0 Å². The van der Waals surface area contributed by atoms with Gasteiger partial charge in [-0.15, -0.1) is 11.8 Å². The molecule has 3 heteroatoms. The molecule has 0 aromatic rings. The van der Waals surface area contributed by atoms with E-state index in [1.54, 1.807) is 12.2 Å². The fourth-order valence-corrected chi connectivity index (χ4v) is 0.532. The van der Waals surface area contributed by atoms with Gasteiger partial charge in [0.05, 0.1) is 4.36 Å². The molecule has 0 saturated heterocycles. The van der Waals surface area contributed by atoms with E-state index in [-0.39, 0.29) is 0 Å². The minimum Gasteiger partial charge on any atom is -0.299 e. The van der Waals surface area contributed by atoms with Crippen LogP contribution in [0.15, 0.2) is 22.6 Å². The Bertz CT molecular complexity index is 140. The number of thioether (sulfide) groups is 1. The number of halogens is 1. The molecule has 0 unspecified atom stereocenters. The van der Waals surface area contributed by atoms with E-state index in [1.165, 1.54) is 17.8 Å². The molecule has 0 radical (unpaired) electrons. The lowest BCUT2D eigenvalue weighted by molar-refractivity contribution is -0.104. The molecule has 0 atom stereocenters. The van der Waals surface area contributed by atoms with E-state index in [4.69, 9.17) is 11.6 Å². The molecule has 0 bridgehead atoms. The highest BCUT2D eigenvalue weighted by atomic mass is 35.5. The molecule has 0 fully saturated rings. The molecule has 50 valence electrons. The van der Waals surface area contributed by atoms with Crippen LogP contribution in [-0.4, -0.2) is 12.5 Å². The summed E-state index contributed by atoms with van der Waals surface area (Å²) in [5, 5.41) is 0. The van der Waals surface area contributed by atoms with Gasteiger partial charge in [0.2, 0.25) is 0 Å². The van der Waals surface area contributed by atoms with Gasteiger partial charge in [0, 0.05) is 0 Å². The first-order valence-electron chi connectivity index (χ1n) is 2.33. The molecule has 0 aliphatic rings. The lowest BCUT2D eigenvalue weighted by Gasteiger charge is -1.83. The SMILES string of the molecule is CS/C(Cl)=C/C=C/C=O. The monoisotopic (exact) mass is 162 g/mol. The summed E-state index contributed by atoms with van der Waals surface area (Å²) in [6, 6.07) is 0. The zero-order valence-electron chi connectivity index (χ0n) is 5.00. The molecule has 1 nitrogen and oxygen atoms in total. The second kappa shape index (κ2) is 5.92. The van der Waals surface area contributed by atoms with Gasteiger partial charge in [0.15, 0.2) is 0 Å². The number of rotatable bonds is 3. The molecule has 0 N–H and O–H groups in total. The highest BCUT2D eigenvalue weighted by Crippen LogP contribution is 2.14. The first kappa shape index (κ1) is 8.79. The van der Waals surface area contributed by atoms with Gasteiger partial charge >= 0.3 is 0 Å². The van der Waals surface area contributed by atoms with Crippen molar-refractivity contribution in [3.05, 3.63) is 22.6 Å². The van der Waals surface area contributed by atoms with E-state index in [0.29, 0.717) is 10.7 Å². The lowest BCUT2D eigenvalue weighted by atomic mass is 10.5. The number of carbonyl (C=O) groups is 1. The summed E-state index contributed by atoms with van der Waals surface area (Å²) < 4.78 is 0.674. The Kier molecular flexibility index (Phi) is 5.78. The van der Waals surface area contributed by atoms with Crippen molar-refractivity contribution in [3.8, 4) is 0 Å². The molecule has 0 aliphatic carbocycles. The maximum atomic E-state index is 9.71. The first-order chi connectivity index (χ1) is 4.31. The van der Waals surface area contributed by atoms with Crippen LogP contribution in [0, 0.1) is 0 Å². The molecule has 0 amide bonds. The molecule has 9 heavy (non-hydrogen) atoms. The zero-order valence-corrected chi connectivity index (χ0v) is 6.58. The van der Waals surface area contributed by atoms with Gasteiger partial charge in [0.25, 0.3) is 0 Å². The predicted octanol–water partition coefficient (Wildman–Crippen LogP) is 2.18. The fourth-order valence-electron chi connectivity index (χ4n) is 0.245. The van der Waals surface area contributed by atoms with Crippen LogP contribution in [0.25, 0.3) is 0 Å². The largest absolute Gasteiger partial charge is 0.299 e. The van der Waals surface area contributed by atoms with Crippen molar-refractivity contribution in [1.29, 1.82) is 0 Å². The molecule has 0 heterocycles. The van der Waals surface area contributed by atoms with Crippen molar-refractivity contribution < 1.29 is 4.79 Å². The minimum absolute atomic E-state index is 0.674. The van der Waals surface area contributed by atoms with Crippen LogP contribution < -0.4 is 0 Å². The third kappa shape index (κ3) is 5.66. The summed E-state index contributed by atoms with van der Waals surface area (Å²) in [6.07, 6.45) is 7.24. The summed E-state index contributed by atoms with van der Waals surface area (Å²) in [5.41, 5.74) is 0. The van der Waals surface area contributed by atoms with Gasteiger partial charge in [-0.25, -0.2) is 0 Å². The van der Waals surface area contributed by atoms with Crippen molar-refractivity contribution >= 4 is 29.6 Å². The van der Waals surface area contributed by atoms with Gasteiger partial charge in [0.1, 0.15) is 6.29 Å². The van der Waals surface area contributed by atoms with E-state index in [0.717, 1.165) is 0 Å². The Balaban J connectivity index is 3.67. The first-order valence-corrected chi connectivity index (χ1v) is 3.93. The Morgan fingerprint density at radius 2 is 2.22 bits per heavy atom. The summed E-state index contributed by atoms with van der Waals surface area (Å²) in [6.45, 7) is 0. The predicted molar refractivity (Wildman–Crippen MR) is 42.7 cm³/mol. The van der Waals surface area contributed by atoms with Crippen molar-refractivity contribution in [1.82, 2.24) is 0 Å². The quantitative estimate of drug-likeness (QED) is 0.360. The third-order valence-corrected chi connectivity index (χ3v) is 1.73. The maximum Gasteiger partial charge on any atom is 0.142 e. The van der Waals surface area contributed by atoms with E-state index in [2.05, 4.69) is 0 Å². The zero-order chi connectivity index (χ0) is 7.11. The molecule has 0 rings (SSSR count). The van der Waals surface area contributed by atoms with E-state index >= 15 is 0 Å². The van der Waals surface area contributed by atoms with Crippen LogP contribution in [0.5, 0.6) is 0 Å². The number of hydrogen-bond donors (Lipinski definition) is 0. The fraction of sp³-hybridized carbons (Fsp3) is 0.167. The second-order valence-electron chi connectivity index (χ2n) is 1.20. The molecule has 0 aromatic carbocycles. The molecule has 0 saturated carbocycles. The number of carbonyl (C=O) groups excluding carboxylic acids is 1. The molecule has 0 aromatic heterocycles. The summed E-state index contributed by atoms with van der Waals surface area (Å²) in [7, 11) is 0. The smallest absolute Gasteiger partial charge is 0.142 e. The minimum atomic E-state index is 0.674. The standard InChI is InChI=1S/C6H7ClOS/c1-9-6(7)4-2-3-5-8/h2-5H,1H3/b3-2+,6-4+. The summed E-state index contributed by atoms with van der Waals surface area (Å²) >= 11 is 6.99. The molecular weight excluding hydrogens is 156 g/mol. The number of allylic oxidation sites excluding steroid dienone is 3. The average molecular weight is 163 g/mol. The van der Waals surface area contributed by atoms with Gasteiger partial charge < -0.3 is 0 Å². The molecule has 0 spiro atoms. The highest BCUT2D eigenvalue weighted by molar-refractivity contribution is 8.03. The highest BCUT2D eigenvalue weighted by Gasteiger charge is 1.80. The van der Waals surface area contributed by atoms with E-state index in [1.807, 2.05) is 6.26 Å². The third-order valence-electron chi connectivity index (χ3n) is 0.612. The van der Waals surface area contributed by atoms with Crippen molar-refractivity contribution in [2.75, 3.05) is 6.26 Å². The Labute approximate surface area is 63.8 Å². The second-order valence-corrected chi connectivity index (χ2v) is 2.68. The van der Waals surface area contributed by atoms with Crippen LogP contribution >= 0.6 is 23.4 Å². The normalized spacial score (nSPS) is 12.4. The summed E-state index contributed by atoms with van der Waals surface area (Å²) in [5.74, 6) is 0. The van der Waals surface area contributed by atoms with Crippen LogP contribution in [0.3, 0.4) is 0 Å². The van der Waals surface area contributed by atoms with Gasteiger partial charge in [-0.05, 0) is 18.4 Å². The van der Waals surface area contributed by atoms with Crippen LogP contribution in [0.1, 0.15) is 0 Å². The van der Waals surface area contributed by atoms with E-state index in [9.17, 15) is 4.79 Å². The van der Waals surface area contributed by atoms with Crippen LogP contribution in [0.2, 0.25) is 0 Å². The van der Waals surface area contributed by atoms with Gasteiger partial charge in [-0.3, -0.25) is 4.79 Å². The Morgan fingerprint density at radius 3 is 2.67 bits per heavy atom. The number of aldehydes is 1. The van der Waals surface area contributed by atoms with Crippen LogP contribution in [0.4, 0.5) is 0 Å². The van der Waals surface area contributed by atoms with Gasteiger partial charge in [-0.1, -0.05) is 17.7 Å².